The van der Waals surface area contributed by atoms with Gasteiger partial charge in [0.2, 0.25) is 0 Å². The van der Waals surface area contributed by atoms with E-state index in [1.807, 2.05) is 36.4 Å². The van der Waals surface area contributed by atoms with Crippen molar-refractivity contribution in [1.82, 2.24) is 0 Å². The third kappa shape index (κ3) is 4.21. The maximum Gasteiger partial charge on any atom is 0.120 e. The molecule has 0 amide bonds. The van der Waals surface area contributed by atoms with Crippen LogP contribution >= 0.6 is 0 Å². The molecule has 2 rings (SSSR count). The highest BCUT2D eigenvalue weighted by atomic mass is 16.5. The van der Waals surface area contributed by atoms with E-state index in [0.29, 0.717) is 6.54 Å². The van der Waals surface area contributed by atoms with Gasteiger partial charge in [-0.1, -0.05) is 36.4 Å². The van der Waals surface area contributed by atoms with E-state index >= 15 is 0 Å². The van der Waals surface area contributed by atoms with Crippen molar-refractivity contribution in [3.05, 3.63) is 59.7 Å². The van der Waals surface area contributed by atoms with E-state index in [4.69, 9.17) is 10.5 Å². The fraction of sp³-hybridized carbons (Fsp3) is 0.294. The third-order valence-electron chi connectivity index (χ3n) is 3.44. The summed E-state index contributed by atoms with van der Waals surface area (Å²) in [6, 6.07) is 15.8. The second kappa shape index (κ2) is 7.67. The van der Waals surface area contributed by atoms with Gasteiger partial charge in [0.05, 0.1) is 19.8 Å². The van der Waals surface area contributed by atoms with Crippen LogP contribution in [0.15, 0.2) is 48.5 Å². The van der Waals surface area contributed by atoms with Crippen molar-refractivity contribution in [3.8, 4) is 5.75 Å². The van der Waals surface area contributed by atoms with Crippen molar-refractivity contribution < 1.29 is 9.84 Å². The van der Waals surface area contributed by atoms with Crippen molar-refractivity contribution in [2.24, 2.45) is 5.73 Å². The van der Waals surface area contributed by atoms with Crippen molar-refractivity contribution in [3.63, 3.8) is 0 Å². The molecular formula is C17H22N2O2. The molecule has 0 heterocycles. The topological polar surface area (TPSA) is 67.5 Å². The van der Waals surface area contributed by atoms with Crippen molar-refractivity contribution in [2.75, 3.05) is 19.0 Å². The molecule has 0 spiro atoms. The van der Waals surface area contributed by atoms with Crippen LogP contribution in [0.2, 0.25) is 0 Å². The number of methoxy groups -OCH3 is 1. The molecule has 1 unspecified atom stereocenters. The maximum atomic E-state index is 9.61. The summed E-state index contributed by atoms with van der Waals surface area (Å²) in [5.41, 5.74) is 8.86. The maximum absolute atomic E-state index is 9.61. The SMILES string of the molecule is COc1ccc(CN)c(NC(CO)Cc2ccccc2)c1. The molecule has 2 aromatic rings. The standard InChI is InChI=1S/C17H22N2O2/c1-21-16-8-7-14(11-18)17(10-16)19-15(12-20)9-13-5-3-2-4-6-13/h2-8,10,15,19-20H,9,11-12,18H2,1H3. The molecule has 0 radical (unpaired) electrons. The van der Waals surface area contributed by atoms with Crippen LogP contribution in [0.1, 0.15) is 11.1 Å². The zero-order valence-corrected chi connectivity index (χ0v) is 12.3. The van der Waals surface area contributed by atoms with Gasteiger partial charge < -0.3 is 20.9 Å². The Kier molecular flexibility index (Phi) is 5.60. The van der Waals surface area contributed by atoms with Crippen LogP contribution in [0.25, 0.3) is 0 Å². The minimum atomic E-state index is -0.0650. The van der Waals surface area contributed by atoms with Gasteiger partial charge in [0.25, 0.3) is 0 Å². The van der Waals surface area contributed by atoms with E-state index in [0.717, 1.165) is 23.4 Å². The average molecular weight is 286 g/mol. The van der Waals surface area contributed by atoms with Crippen LogP contribution in [0, 0.1) is 0 Å². The van der Waals surface area contributed by atoms with Gasteiger partial charge in [0.1, 0.15) is 5.75 Å². The molecule has 0 saturated heterocycles. The Morgan fingerprint density at radius 3 is 2.57 bits per heavy atom. The highest BCUT2D eigenvalue weighted by molar-refractivity contribution is 5.56. The molecule has 2 aromatic carbocycles. The third-order valence-corrected chi connectivity index (χ3v) is 3.44. The highest BCUT2D eigenvalue weighted by Gasteiger charge is 2.11. The van der Waals surface area contributed by atoms with Gasteiger partial charge in [-0.2, -0.15) is 0 Å². The minimum Gasteiger partial charge on any atom is -0.497 e. The Morgan fingerprint density at radius 1 is 1.19 bits per heavy atom. The zero-order chi connectivity index (χ0) is 15.1. The molecule has 0 bridgehead atoms. The molecule has 0 aliphatic heterocycles. The summed E-state index contributed by atoms with van der Waals surface area (Å²) >= 11 is 0. The molecular weight excluding hydrogens is 264 g/mol. The number of ether oxygens (including phenoxy) is 1. The van der Waals surface area contributed by atoms with Gasteiger partial charge in [-0.05, 0) is 23.6 Å². The summed E-state index contributed by atoms with van der Waals surface area (Å²) in [7, 11) is 1.63. The van der Waals surface area contributed by atoms with E-state index in [-0.39, 0.29) is 12.6 Å². The summed E-state index contributed by atoms with van der Waals surface area (Å²) in [4.78, 5) is 0. The van der Waals surface area contributed by atoms with Crippen molar-refractivity contribution in [1.29, 1.82) is 0 Å². The zero-order valence-electron chi connectivity index (χ0n) is 12.3. The Balaban J connectivity index is 2.14. The smallest absolute Gasteiger partial charge is 0.120 e. The van der Waals surface area contributed by atoms with E-state index in [9.17, 15) is 5.11 Å². The first kappa shape index (κ1) is 15.4. The summed E-state index contributed by atoms with van der Waals surface area (Å²) in [6.45, 7) is 0.492. The average Bonchev–Trinajstić information content (AvgIpc) is 2.55. The lowest BCUT2D eigenvalue weighted by molar-refractivity contribution is 0.273. The number of aliphatic hydroxyl groups is 1. The molecule has 0 fully saturated rings. The molecule has 0 aliphatic carbocycles. The monoisotopic (exact) mass is 286 g/mol. The quantitative estimate of drug-likeness (QED) is 0.730. The predicted molar refractivity (Wildman–Crippen MR) is 85.5 cm³/mol. The molecule has 21 heavy (non-hydrogen) atoms. The second-order valence-electron chi connectivity index (χ2n) is 4.94. The number of hydrogen-bond donors (Lipinski definition) is 3. The largest absolute Gasteiger partial charge is 0.497 e. The van der Waals surface area contributed by atoms with Crippen LogP contribution in [-0.4, -0.2) is 24.9 Å². The fourth-order valence-electron chi connectivity index (χ4n) is 2.27. The Bertz CT molecular complexity index is 558. The normalized spacial score (nSPS) is 12.0. The van der Waals surface area contributed by atoms with Gasteiger partial charge in [-0.3, -0.25) is 0 Å². The van der Waals surface area contributed by atoms with E-state index in [1.165, 1.54) is 5.56 Å². The Morgan fingerprint density at radius 2 is 1.95 bits per heavy atom. The molecule has 4 N–H and O–H groups in total. The van der Waals surface area contributed by atoms with Gasteiger partial charge in [-0.25, -0.2) is 0 Å². The van der Waals surface area contributed by atoms with Gasteiger partial charge in [0.15, 0.2) is 0 Å². The minimum absolute atomic E-state index is 0.0517. The number of nitrogens with two attached hydrogens (primary N) is 1. The van der Waals surface area contributed by atoms with Crippen LogP contribution in [0.3, 0.4) is 0 Å². The lowest BCUT2D eigenvalue weighted by Gasteiger charge is -2.20. The first-order valence-electron chi connectivity index (χ1n) is 7.05. The molecule has 0 saturated carbocycles. The van der Waals surface area contributed by atoms with Crippen molar-refractivity contribution >= 4 is 5.69 Å². The molecule has 4 nitrogen and oxygen atoms in total. The molecule has 0 aromatic heterocycles. The lowest BCUT2D eigenvalue weighted by Crippen LogP contribution is -2.27. The fourth-order valence-corrected chi connectivity index (χ4v) is 2.27. The Labute approximate surface area is 125 Å². The number of nitrogens with one attached hydrogen (secondary N) is 1. The molecule has 4 heteroatoms. The number of benzene rings is 2. The van der Waals surface area contributed by atoms with Crippen LogP contribution in [0.5, 0.6) is 5.75 Å². The summed E-state index contributed by atoms with van der Waals surface area (Å²) in [5, 5.41) is 13.0. The first-order valence-corrected chi connectivity index (χ1v) is 7.05. The van der Waals surface area contributed by atoms with Gasteiger partial charge >= 0.3 is 0 Å². The highest BCUT2D eigenvalue weighted by Crippen LogP contribution is 2.23. The Hall–Kier alpha value is -2.04. The van der Waals surface area contributed by atoms with Crippen LogP contribution in [0.4, 0.5) is 5.69 Å². The van der Waals surface area contributed by atoms with E-state index < -0.39 is 0 Å². The molecule has 0 aliphatic rings. The summed E-state index contributed by atoms with van der Waals surface area (Å²) in [5.74, 6) is 0.770. The van der Waals surface area contributed by atoms with E-state index in [2.05, 4.69) is 17.4 Å². The van der Waals surface area contributed by atoms with Crippen molar-refractivity contribution in [2.45, 2.75) is 19.0 Å². The van der Waals surface area contributed by atoms with Crippen LogP contribution in [-0.2, 0) is 13.0 Å². The number of hydrogen-bond acceptors (Lipinski definition) is 4. The summed E-state index contributed by atoms with van der Waals surface area (Å²) in [6.07, 6.45) is 0.749. The van der Waals surface area contributed by atoms with E-state index in [1.54, 1.807) is 7.11 Å². The van der Waals surface area contributed by atoms with Gasteiger partial charge in [-0.15, -0.1) is 0 Å². The number of aliphatic hydroxyl groups excluding tert-OH is 1. The predicted octanol–water partition coefficient (Wildman–Crippen LogP) is 2.17. The lowest BCUT2D eigenvalue weighted by atomic mass is 10.1. The number of anilines is 1. The number of rotatable bonds is 7. The molecule has 1 atom stereocenters. The summed E-state index contributed by atoms with van der Waals surface area (Å²) < 4.78 is 5.24. The van der Waals surface area contributed by atoms with Gasteiger partial charge in [0, 0.05) is 18.3 Å². The van der Waals surface area contributed by atoms with Crippen LogP contribution < -0.4 is 15.8 Å². The first-order chi connectivity index (χ1) is 10.3. The second-order valence-corrected chi connectivity index (χ2v) is 4.94. The molecule has 112 valence electrons.